The zero-order valence-corrected chi connectivity index (χ0v) is 33.2. The van der Waals surface area contributed by atoms with Crippen LogP contribution >= 0.6 is 0 Å². The zero-order chi connectivity index (χ0) is 42.5. The number of fused-ring (bicyclic) bond motifs is 2. The van der Waals surface area contributed by atoms with E-state index in [1.54, 1.807) is 31.6 Å². The smallest absolute Gasteiger partial charge is 0.270 e. The van der Waals surface area contributed by atoms with Gasteiger partial charge in [-0.15, -0.1) is 0 Å². The molecule has 19 nitrogen and oxygen atoms in total. The summed E-state index contributed by atoms with van der Waals surface area (Å²) in [7, 11) is 1.60. The quantitative estimate of drug-likeness (QED) is 0.156. The topological polar surface area (TPSA) is 252 Å². The number of carbonyl (C=O) groups is 2. The molecule has 19 heteroatoms. The standard InChI is InChI=1S/C26H24N6O4.C16H12N6O3/c1-15-9-16(2)18(22(10-15)35-3)13-32-23(34)12-28-25-24(29-14-30-26(25)32)21(33)7-6-17-11-20(31-36-17)19-5-4-8-27-19;23-12(14-15-16(20-8-19-14)21-13(24)7-18-15)4-3-9-6-11(22-25-9)10-2-1-5-17-10/h4,8-12,14H,5-7,13H2,1-3H3;1,5-8H,2-4H2,(H,19,20,21,24). The van der Waals surface area contributed by atoms with Crippen LogP contribution in [0, 0.1) is 13.8 Å². The van der Waals surface area contributed by atoms with Gasteiger partial charge in [-0.25, -0.2) is 29.9 Å². The number of H-pyrrole nitrogens is 1. The zero-order valence-electron chi connectivity index (χ0n) is 33.2. The highest BCUT2D eigenvalue weighted by Gasteiger charge is 2.21. The number of aromatic nitrogens is 10. The molecule has 0 amide bonds. The van der Waals surface area contributed by atoms with E-state index in [1.807, 2.05) is 38.1 Å². The number of ketones is 2. The Morgan fingerprint density at radius 3 is 1.97 bits per heavy atom. The van der Waals surface area contributed by atoms with E-state index in [-0.39, 0.29) is 75.8 Å². The number of nitrogens with zero attached hydrogens (tertiary/aromatic N) is 11. The second kappa shape index (κ2) is 17.5. The first kappa shape index (κ1) is 39.8. The van der Waals surface area contributed by atoms with E-state index < -0.39 is 0 Å². The van der Waals surface area contributed by atoms with Gasteiger partial charge in [0.25, 0.3) is 11.1 Å². The van der Waals surface area contributed by atoms with Crippen LogP contribution in [0.2, 0.25) is 0 Å². The molecule has 2 aliphatic rings. The monoisotopic (exact) mass is 820 g/mol. The SMILES string of the molecule is COc1cc(C)cc(C)c1Cn1c(=O)cnc2c(C(=O)CCc3cc(C4=NC=CC4)no3)ncnc21.O=C(CCc1cc(C2=NC=CC2)no1)c1ncnc2[nH]c(=O)cnc12. The summed E-state index contributed by atoms with van der Waals surface area (Å²) in [5.74, 6) is 1.41. The highest BCUT2D eigenvalue weighted by molar-refractivity contribution is 6.04. The van der Waals surface area contributed by atoms with Gasteiger partial charge in [-0.1, -0.05) is 28.5 Å². The first-order valence-corrected chi connectivity index (χ1v) is 19.1. The van der Waals surface area contributed by atoms with Crippen molar-refractivity contribution in [2.24, 2.45) is 9.98 Å². The third-order valence-electron chi connectivity index (χ3n) is 9.84. The summed E-state index contributed by atoms with van der Waals surface area (Å²) < 4.78 is 17.7. The Balaban J connectivity index is 0.000000180. The molecule has 7 aromatic rings. The molecule has 6 aromatic heterocycles. The second-order valence-electron chi connectivity index (χ2n) is 14.0. The fourth-order valence-corrected chi connectivity index (χ4v) is 6.81. The molecule has 0 aliphatic carbocycles. The molecule has 0 saturated carbocycles. The van der Waals surface area contributed by atoms with Crippen LogP contribution in [0.1, 0.15) is 86.3 Å². The molecule has 1 N–H and O–H groups in total. The van der Waals surface area contributed by atoms with Crippen LogP contribution in [0.25, 0.3) is 22.3 Å². The average Bonchev–Trinajstić information content (AvgIpc) is 4.12. The second-order valence-corrected chi connectivity index (χ2v) is 14.0. The molecule has 8 heterocycles. The summed E-state index contributed by atoms with van der Waals surface area (Å²) in [5, 5.41) is 8.02. The van der Waals surface area contributed by atoms with Crippen LogP contribution in [-0.2, 0) is 19.4 Å². The number of rotatable bonds is 13. The lowest BCUT2D eigenvalue weighted by atomic mass is 10.0. The number of methoxy groups -OCH3 is 1. The number of hydrogen-bond donors (Lipinski definition) is 1. The van der Waals surface area contributed by atoms with Gasteiger partial charge in [-0.05, 0) is 31.0 Å². The van der Waals surface area contributed by atoms with Gasteiger partial charge in [-0.2, -0.15) is 0 Å². The van der Waals surface area contributed by atoms with Crippen molar-refractivity contribution in [1.82, 2.24) is 49.8 Å². The lowest BCUT2D eigenvalue weighted by molar-refractivity contribution is 0.0969. The van der Waals surface area contributed by atoms with Crippen molar-refractivity contribution >= 4 is 45.3 Å². The molecule has 0 radical (unpaired) electrons. The third-order valence-corrected chi connectivity index (χ3v) is 9.84. The summed E-state index contributed by atoms with van der Waals surface area (Å²) in [4.78, 5) is 85.2. The fourth-order valence-electron chi connectivity index (χ4n) is 6.81. The van der Waals surface area contributed by atoms with E-state index >= 15 is 0 Å². The molecule has 0 unspecified atom stereocenters. The Hall–Kier alpha value is -7.96. The van der Waals surface area contributed by atoms with E-state index in [9.17, 15) is 19.2 Å². The summed E-state index contributed by atoms with van der Waals surface area (Å²) >= 11 is 0. The number of Topliss-reactive ketones (excluding diaryl/α,β-unsaturated/α-hetero) is 2. The van der Waals surface area contributed by atoms with Crippen LogP contribution in [0.15, 0.2) is 102 Å². The highest BCUT2D eigenvalue weighted by Crippen LogP contribution is 2.26. The Bertz CT molecular complexity index is 3080. The molecule has 1 aromatic carbocycles. The van der Waals surface area contributed by atoms with Crippen molar-refractivity contribution in [3.8, 4) is 5.75 Å². The van der Waals surface area contributed by atoms with E-state index in [1.165, 1.54) is 23.4 Å². The van der Waals surface area contributed by atoms with Gasteiger partial charge in [0.2, 0.25) is 0 Å². The maximum Gasteiger partial charge on any atom is 0.270 e. The number of hydrogen-bond acceptors (Lipinski definition) is 17. The predicted octanol–water partition coefficient (Wildman–Crippen LogP) is 4.59. The van der Waals surface area contributed by atoms with Gasteiger partial charge in [0, 0.05) is 68.6 Å². The third kappa shape index (κ3) is 8.75. The number of allylic oxidation sites excluding steroid dienone is 2. The van der Waals surface area contributed by atoms with E-state index in [0.29, 0.717) is 47.9 Å². The minimum Gasteiger partial charge on any atom is -0.496 e. The molecule has 0 saturated heterocycles. The number of aliphatic imine (C=N–C) groups is 2. The molecular weight excluding hydrogens is 785 g/mol. The molecule has 0 atom stereocenters. The number of aryl methyl sites for hydroxylation is 4. The molecule has 61 heavy (non-hydrogen) atoms. The first-order valence-electron chi connectivity index (χ1n) is 19.1. The minimum absolute atomic E-state index is 0.136. The normalized spacial score (nSPS) is 13.0. The Labute approximate surface area is 345 Å². The van der Waals surface area contributed by atoms with Crippen molar-refractivity contribution in [3.05, 3.63) is 146 Å². The van der Waals surface area contributed by atoms with Gasteiger partial charge in [0.15, 0.2) is 22.9 Å². The van der Waals surface area contributed by atoms with Crippen LogP contribution in [0.3, 0.4) is 0 Å². The highest BCUT2D eigenvalue weighted by atomic mass is 16.5. The Kier molecular flexibility index (Phi) is 11.4. The summed E-state index contributed by atoms with van der Waals surface area (Å²) in [6.07, 6.45) is 14.6. The van der Waals surface area contributed by atoms with Gasteiger partial charge < -0.3 is 18.8 Å². The molecular formula is C42H36N12O7. The Morgan fingerprint density at radius 2 is 1.36 bits per heavy atom. The van der Waals surface area contributed by atoms with E-state index in [4.69, 9.17) is 13.8 Å². The van der Waals surface area contributed by atoms with Gasteiger partial charge >= 0.3 is 0 Å². The summed E-state index contributed by atoms with van der Waals surface area (Å²) in [6.45, 7) is 4.17. The molecule has 2 aliphatic heterocycles. The van der Waals surface area contributed by atoms with E-state index in [0.717, 1.165) is 40.7 Å². The van der Waals surface area contributed by atoms with E-state index in [2.05, 4.69) is 55.2 Å². The lowest BCUT2D eigenvalue weighted by Crippen LogP contribution is -2.23. The minimum atomic E-state index is -0.386. The lowest BCUT2D eigenvalue weighted by Gasteiger charge is -2.15. The number of ether oxygens (including phenoxy) is 1. The van der Waals surface area contributed by atoms with Crippen molar-refractivity contribution in [2.45, 2.75) is 58.9 Å². The van der Waals surface area contributed by atoms with Gasteiger partial charge in [0.05, 0.1) is 37.5 Å². The van der Waals surface area contributed by atoms with Crippen LogP contribution < -0.4 is 15.9 Å². The molecule has 0 spiro atoms. The van der Waals surface area contributed by atoms with Gasteiger partial charge in [-0.3, -0.25) is 33.7 Å². The van der Waals surface area contributed by atoms with Crippen LogP contribution in [0.4, 0.5) is 0 Å². The van der Waals surface area contributed by atoms with Crippen molar-refractivity contribution in [1.29, 1.82) is 0 Å². The van der Waals surface area contributed by atoms with Crippen LogP contribution in [0.5, 0.6) is 5.75 Å². The van der Waals surface area contributed by atoms with Crippen molar-refractivity contribution in [3.63, 3.8) is 0 Å². The predicted molar refractivity (Wildman–Crippen MR) is 220 cm³/mol. The molecule has 9 rings (SSSR count). The number of aromatic amines is 1. The van der Waals surface area contributed by atoms with Gasteiger partial charge in [0.1, 0.15) is 63.7 Å². The molecule has 0 bridgehead atoms. The Morgan fingerprint density at radius 1 is 0.754 bits per heavy atom. The summed E-state index contributed by atoms with van der Waals surface area (Å²) in [5.41, 5.74) is 6.61. The number of benzene rings is 1. The maximum atomic E-state index is 13.1. The largest absolute Gasteiger partial charge is 0.496 e. The summed E-state index contributed by atoms with van der Waals surface area (Å²) in [6, 6.07) is 7.53. The first-order chi connectivity index (χ1) is 29.6. The number of carbonyl (C=O) groups excluding carboxylic acids is 2. The van der Waals surface area contributed by atoms with Crippen molar-refractivity contribution < 1.29 is 23.4 Å². The molecule has 306 valence electrons. The number of nitrogens with one attached hydrogen (secondary N) is 1. The van der Waals surface area contributed by atoms with Crippen LogP contribution in [-0.4, -0.2) is 79.9 Å². The molecule has 0 fully saturated rings. The fraction of sp³-hybridized carbons (Fsp3) is 0.238. The van der Waals surface area contributed by atoms with Crippen molar-refractivity contribution in [2.75, 3.05) is 7.11 Å². The maximum absolute atomic E-state index is 13.1. The average molecular weight is 821 g/mol.